The van der Waals surface area contributed by atoms with Crippen molar-refractivity contribution in [2.75, 3.05) is 0 Å². The van der Waals surface area contributed by atoms with Crippen molar-refractivity contribution in [2.24, 2.45) is 0 Å². The van der Waals surface area contributed by atoms with Crippen LogP contribution < -0.4 is 0 Å². The van der Waals surface area contributed by atoms with Gasteiger partial charge in [-0.25, -0.2) is 0 Å². The Balaban J connectivity index is 2.32. The van der Waals surface area contributed by atoms with Crippen LogP contribution in [0.3, 0.4) is 0 Å². The van der Waals surface area contributed by atoms with Crippen LogP contribution in [0, 0.1) is 6.92 Å². The molecule has 0 saturated heterocycles. The van der Waals surface area contributed by atoms with Gasteiger partial charge in [-0.2, -0.15) is 0 Å². The third-order valence-electron chi connectivity index (χ3n) is 4.19. The summed E-state index contributed by atoms with van der Waals surface area (Å²) >= 11 is 0. The first-order chi connectivity index (χ1) is 9.65. The van der Waals surface area contributed by atoms with Crippen LogP contribution in [0.2, 0.25) is 0 Å². The lowest BCUT2D eigenvalue weighted by atomic mass is 9.78. The van der Waals surface area contributed by atoms with Gasteiger partial charge in [-0.15, -0.1) is 0 Å². The highest BCUT2D eigenvalue weighted by molar-refractivity contribution is 5.33. The summed E-state index contributed by atoms with van der Waals surface area (Å²) in [4.78, 5) is 0. The lowest BCUT2D eigenvalue weighted by Crippen LogP contribution is -2.10. The standard InChI is InChI=1S/C19H24O/c1-4-18(15-8-6-14(3)7-9-15)19(5-2)16-10-12-17(20)13-11-16/h6-13,18-20H,4-5H2,1-3H3/t18-,19+/m0/s1. The Hall–Kier alpha value is -1.76. The molecule has 2 atom stereocenters. The maximum atomic E-state index is 9.45. The van der Waals surface area contributed by atoms with E-state index in [1.165, 1.54) is 16.7 Å². The first-order valence-corrected chi connectivity index (χ1v) is 7.51. The number of phenolic OH excluding ortho intramolecular Hbond substituents is 1. The average molecular weight is 268 g/mol. The summed E-state index contributed by atoms with van der Waals surface area (Å²) in [7, 11) is 0. The van der Waals surface area contributed by atoms with Gasteiger partial charge in [-0.05, 0) is 54.9 Å². The van der Waals surface area contributed by atoms with Gasteiger partial charge in [-0.1, -0.05) is 55.8 Å². The minimum atomic E-state index is 0.340. The van der Waals surface area contributed by atoms with E-state index in [9.17, 15) is 5.11 Å². The molecule has 106 valence electrons. The molecule has 2 aromatic carbocycles. The van der Waals surface area contributed by atoms with Crippen LogP contribution in [-0.2, 0) is 0 Å². The Morgan fingerprint density at radius 1 is 0.750 bits per heavy atom. The van der Waals surface area contributed by atoms with E-state index in [0.717, 1.165) is 12.8 Å². The second-order valence-corrected chi connectivity index (χ2v) is 5.53. The van der Waals surface area contributed by atoms with Gasteiger partial charge in [0.15, 0.2) is 0 Å². The molecule has 0 unspecified atom stereocenters. The fourth-order valence-electron chi connectivity index (χ4n) is 3.04. The third kappa shape index (κ3) is 3.22. The SMILES string of the molecule is CC[C@H](c1ccc(O)cc1)[C@@H](CC)c1ccc(C)cc1. The minimum Gasteiger partial charge on any atom is -0.508 e. The van der Waals surface area contributed by atoms with Crippen LogP contribution in [0.1, 0.15) is 55.2 Å². The molecule has 0 amide bonds. The smallest absolute Gasteiger partial charge is 0.115 e. The molecular weight excluding hydrogens is 244 g/mol. The van der Waals surface area contributed by atoms with Gasteiger partial charge in [0.1, 0.15) is 5.75 Å². The summed E-state index contributed by atoms with van der Waals surface area (Å²) in [5.41, 5.74) is 4.04. The zero-order valence-electron chi connectivity index (χ0n) is 12.6. The molecule has 0 aromatic heterocycles. The van der Waals surface area contributed by atoms with Gasteiger partial charge in [0, 0.05) is 0 Å². The van der Waals surface area contributed by atoms with Crippen LogP contribution in [0.15, 0.2) is 48.5 Å². The number of aryl methyl sites for hydroxylation is 1. The summed E-state index contributed by atoms with van der Waals surface area (Å²) in [6, 6.07) is 16.6. The largest absolute Gasteiger partial charge is 0.508 e. The lowest BCUT2D eigenvalue weighted by Gasteiger charge is -2.26. The second kappa shape index (κ2) is 6.60. The predicted molar refractivity (Wildman–Crippen MR) is 85.3 cm³/mol. The summed E-state index contributed by atoms with van der Waals surface area (Å²) < 4.78 is 0. The monoisotopic (exact) mass is 268 g/mol. The predicted octanol–water partition coefficient (Wildman–Crippen LogP) is 5.39. The Morgan fingerprint density at radius 3 is 1.55 bits per heavy atom. The maximum absolute atomic E-state index is 9.45. The Kier molecular flexibility index (Phi) is 4.84. The van der Waals surface area contributed by atoms with Crippen LogP contribution in [0.4, 0.5) is 0 Å². The van der Waals surface area contributed by atoms with Gasteiger partial charge < -0.3 is 5.11 Å². The maximum Gasteiger partial charge on any atom is 0.115 e. The molecule has 0 bridgehead atoms. The third-order valence-corrected chi connectivity index (χ3v) is 4.19. The van der Waals surface area contributed by atoms with Crippen LogP contribution >= 0.6 is 0 Å². The number of aromatic hydroxyl groups is 1. The van der Waals surface area contributed by atoms with Gasteiger partial charge in [0.25, 0.3) is 0 Å². The van der Waals surface area contributed by atoms with Crippen molar-refractivity contribution in [2.45, 2.75) is 45.4 Å². The highest BCUT2D eigenvalue weighted by Crippen LogP contribution is 2.38. The summed E-state index contributed by atoms with van der Waals surface area (Å²) in [5.74, 6) is 1.38. The molecule has 0 fully saturated rings. The van der Waals surface area contributed by atoms with E-state index in [1.54, 1.807) is 12.1 Å². The summed E-state index contributed by atoms with van der Waals surface area (Å²) in [6.07, 6.45) is 2.24. The first kappa shape index (κ1) is 14.6. The molecule has 2 rings (SSSR count). The lowest BCUT2D eigenvalue weighted by molar-refractivity contribution is 0.473. The fraction of sp³-hybridized carbons (Fsp3) is 0.368. The molecule has 0 aliphatic carbocycles. The van der Waals surface area contributed by atoms with Gasteiger partial charge in [0.2, 0.25) is 0 Å². The van der Waals surface area contributed by atoms with E-state index < -0.39 is 0 Å². The molecule has 1 heteroatoms. The van der Waals surface area contributed by atoms with Crippen LogP contribution in [0.5, 0.6) is 5.75 Å². The molecule has 20 heavy (non-hydrogen) atoms. The van der Waals surface area contributed by atoms with Crippen LogP contribution in [-0.4, -0.2) is 5.11 Å². The molecular formula is C19H24O. The molecule has 2 aromatic rings. The van der Waals surface area contributed by atoms with Crippen molar-refractivity contribution < 1.29 is 5.11 Å². The molecule has 0 aliphatic rings. The first-order valence-electron chi connectivity index (χ1n) is 7.51. The quantitative estimate of drug-likeness (QED) is 0.771. The molecule has 0 radical (unpaired) electrons. The van der Waals surface area contributed by atoms with Gasteiger partial charge >= 0.3 is 0 Å². The van der Waals surface area contributed by atoms with E-state index in [0.29, 0.717) is 17.6 Å². The number of benzene rings is 2. The van der Waals surface area contributed by atoms with E-state index in [4.69, 9.17) is 0 Å². The molecule has 1 N–H and O–H groups in total. The van der Waals surface area contributed by atoms with E-state index in [1.807, 2.05) is 0 Å². The molecule has 0 aliphatic heterocycles. The number of hydrogen-bond donors (Lipinski definition) is 1. The number of rotatable bonds is 5. The summed E-state index contributed by atoms with van der Waals surface area (Å²) in [6.45, 7) is 6.63. The molecule has 0 saturated carbocycles. The highest BCUT2D eigenvalue weighted by Gasteiger charge is 2.21. The average Bonchev–Trinajstić information content (AvgIpc) is 2.47. The van der Waals surface area contributed by atoms with Crippen molar-refractivity contribution in [3.8, 4) is 5.75 Å². The molecule has 0 spiro atoms. The number of phenols is 1. The van der Waals surface area contributed by atoms with Crippen LogP contribution in [0.25, 0.3) is 0 Å². The topological polar surface area (TPSA) is 20.2 Å². The molecule has 1 nitrogen and oxygen atoms in total. The van der Waals surface area contributed by atoms with Crippen molar-refractivity contribution in [3.05, 3.63) is 65.2 Å². The molecule has 0 heterocycles. The number of hydrogen-bond acceptors (Lipinski definition) is 1. The van der Waals surface area contributed by atoms with Crippen molar-refractivity contribution in [1.29, 1.82) is 0 Å². The van der Waals surface area contributed by atoms with Crippen molar-refractivity contribution >= 4 is 0 Å². The van der Waals surface area contributed by atoms with Crippen molar-refractivity contribution in [3.63, 3.8) is 0 Å². The Bertz CT molecular complexity index is 473. The zero-order chi connectivity index (χ0) is 14.5. The normalized spacial score (nSPS) is 13.9. The van der Waals surface area contributed by atoms with Gasteiger partial charge in [0.05, 0.1) is 0 Å². The second-order valence-electron chi connectivity index (χ2n) is 5.53. The van der Waals surface area contributed by atoms with E-state index in [-0.39, 0.29) is 0 Å². The van der Waals surface area contributed by atoms with E-state index >= 15 is 0 Å². The Labute approximate surface area is 122 Å². The van der Waals surface area contributed by atoms with Crippen molar-refractivity contribution in [1.82, 2.24) is 0 Å². The zero-order valence-corrected chi connectivity index (χ0v) is 12.6. The van der Waals surface area contributed by atoms with Gasteiger partial charge in [-0.3, -0.25) is 0 Å². The Morgan fingerprint density at radius 2 is 1.15 bits per heavy atom. The fourth-order valence-corrected chi connectivity index (χ4v) is 3.04. The minimum absolute atomic E-state index is 0.340. The highest BCUT2D eigenvalue weighted by atomic mass is 16.3. The van der Waals surface area contributed by atoms with E-state index in [2.05, 4.69) is 57.2 Å². The summed E-state index contributed by atoms with van der Waals surface area (Å²) in [5, 5.41) is 9.45.